The highest BCUT2D eigenvalue weighted by molar-refractivity contribution is 5.97. The molecule has 3 rings (SSSR count). The second-order valence-corrected chi connectivity index (χ2v) is 6.49. The Balaban J connectivity index is 0.00000261. The van der Waals surface area contributed by atoms with Crippen LogP contribution in [-0.2, 0) is 25.6 Å². The molecule has 1 aromatic heterocycles. The van der Waals surface area contributed by atoms with Crippen LogP contribution < -0.4 is 11.1 Å². The van der Waals surface area contributed by atoms with E-state index < -0.39 is 6.04 Å². The number of anilines is 1. The summed E-state index contributed by atoms with van der Waals surface area (Å²) in [6, 6.07) is 6.94. The van der Waals surface area contributed by atoms with Gasteiger partial charge in [-0.05, 0) is 49.9 Å². The Morgan fingerprint density at radius 3 is 2.78 bits per heavy atom. The lowest BCUT2D eigenvalue weighted by Crippen LogP contribution is -2.43. The van der Waals surface area contributed by atoms with Crippen LogP contribution in [0.1, 0.15) is 19.8 Å². The van der Waals surface area contributed by atoms with Crippen LogP contribution in [0, 0.1) is 5.92 Å². The molecule has 1 fully saturated rings. The fraction of sp³-hybridized carbons (Fsp3) is 0.474. The van der Waals surface area contributed by atoms with Crippen molar-refractivity contribution < 1.29 is 19.1 Å². The maximum atomic E-state index is 12.4. The van der Waals surface area contributed by atoms with Gasteiger partial charge in [0.25, 0.3) is 0 Å². The highest BCUT2D eigenvalue weighted by Crippen LogP contribution is 2.22. The highest BCUT2D eigenvalue weighted by Gasteiger charge is 2.26. The molecule has 1 amide bonds. The number of nitrogens with zero attached hydrogens (tertiary/aromatic N) is 1. The van der Waals surface area contributed by atoms with Gasteiger partial charge in [-0.2, -0.15) is 0 Å². The molecule has 1 saturated heterocycles. The van der Waals surface area contributed by atoms with E-state index in [1.54, 1.807) is 6.92 Å². The van der Waals surface area contributed by atoms with Gasteiger partial charge in [0.1, 0.15) is 6.54 Å². The smallest absolute Gasteiger partial charge is 0.325 e. The van der Waals surface area contributed by atoms with E-state index in [2.05, 4.69) is 5.32 Å². The molecule has 7 nitrogen and oxygen atoms in total. The van der Waals surface area contributed by atoms with E-state index in [0.29, 0.717) is 25.5 Å². The van der Waals surface area contributed by atoms with Gasteiger partial charge in [-0.25, -0.2) is 0 Å². The number of hydrogen-bond acceptors (Lipinski definition) is 5. The molecule has 0 radical (unpaired) electrons. The number of nitrogens with two attached hydrogens (primary N) is 1. The third-order valence-corrected chi connectivity index (χ3v) is 4.72. The summed E-state index contributed by atoms with van der Waals surface area (Å²) in [7, 11) is 0. The molecule has 2 aromatic rings. The Kier molecular flexibility index (Phi) is 7.65. The number of carbonyl (C=O) groups excluding carboxylic acids is 2. The van der Waals surface area contributed by atoms with Crippen LogP contribution in [0.3, 0.4) is 0 Å². The lowest BCUT2D eigenvalue weighted by atomic mass is 9.92. The Morgan fingerprint density at radius 1 is 1.33 bits per heavy atom. The molecular weight excluding hydrogens is 370 g/mol. The van der Waals surface area contributed by atoms with Gasteiger partial charge >= 0.3 is 5.97 Å². The summed E-state index contributed by atoms with van der Waals surface area (Å²) in [5.74, 6) is -0.301. The number of fused-ring (bicyclic) bond motifs is 1. The number of halogens is 1. The van der Waals surface area contributed by atoms with E-state index in [0.717, 1.165) is 23.7 Å². The number of nitrogens with one attached hydrogen (secondary N) is 1. The fourth-order valence-electron chi connectivity index (χ4n) is 3.28. The number of aromatic nitrogens is 1. The second-order valence-electron chi connectivity index (χ2n) is 6.49. The monoisotopic (exact) mass is 395 g/mol. The number of rotatable bonds is 6. The summed E-state index contributed by atoms with van der Waals surface area (Å²) in [6.07, 6.45) is 3.45. The first-order valence-corrected chi connectivity index (χ1v) is 8.97. The quantitative estimate of drug-likeness (QED) is 0.732. The second kappa shape index (κ2) is 9.73. The fourth-order valence-corrected chi connectivity index (χ4v) is 3.28. The van der Waals surface area contributed by atoms with E-state index >= 15 is 0 Å². The van der Waals surface area contributed by atoms with Crippen LogP contribution >= 0.6 is 12.4 Å². The molecule has 0 saturated carbocycles. The summed E-state index contributed by atoms with van der Waals surface area (Å²) in [5, 5.41) is 3.83. The summed E-state index contributed by atoms with van der Waals surface area (Å²) in [6.45, 7) is 3.63. The van der Waals surface area contributed by atoms with Gasteiger partial charge in [0.2, 0.25) is 5.91 Å². The van der Waals surface area contributed by atoms with Crippen molar-refractivity contribution in [3.8, 4) is 0 Å². The average Bonchev–Trinajstić information content (AvgIpc) is 3.04. The van der Waals surface area contributed by atoms with Crippen molar-refractivity contribution in [3.63, 3.8) is 0 Å². The normalized spacial score (nSPS) is 15.8. The minimum atomic E-state index is -0.539. The molecule has 8 heteroatoms. The number of esters is 1. The van der Waals surface area contributed by atoms with E-state index in [4.69, 9.17) is 15.2 Å². The standard InChI is InChI=1S/C19H25N3O4.ClH/c1-2-26-17(23)12-22-8-5-14-11-15(3-4-16(14)22)21-19(24)18(20)13-6-9-25-10-7-13;/h3-5,8,11,13,18H,2,6-7,9-10,12,20H2,1H3,(H,21,24);1H. The molecule has 2 heterocycles. The molecule has 148 valence electrons. The zero-order valence-corrected chi connectivity index (χ0v) is 16.2. The topological polar surface area (TPSA) is 95.6 Å². The van der Waals surface area contributed by atoms with Crippen molar-refractivity contribution in [1.29, 1.82) is 0 Å². The Hall–Kier alpha value is -2.09. The van der Waals surface area contributed by atoms with Crippen molar-refractivity contribution in [2.75, 3.05) is 25.1 Å². The number of benzene rings is 1. The highest BCUT2D eigenvalue weighted by atomic mass is 35.5. The lowest BCUT2D eigenvalue weighted by Gasteiger charge is -2.26. The van der Waals surface area contributed by atoms with Gasteiger partial charge in [0.05, 0.1) is 12.6 Å². The van der Waals surface area contributed by atoms with Crippen molar-refractivity contribution in [3.05, 3.63) is 30.5 Å². The van der Waals surface area contributed by atoms with Crippen molar-refractivity contribution in [2.45, 2.75) is 32.4 Å². The average molecular weight is 396 g/mol. The van der Waals surface area contributed by atoms with Crippen LogP contribution in [0.2, 0.25) is 0 Å². The van der Waals surface area contributed by atoms with Gasteiger partial charge in [-0.3, -0.25) is 9.59 Å². The zero-order valence-electron chi connectivity index (χ0n) is 15.3. The number of amides is 1. The molecule has 1 atom stereocenters. The van der Waals surface area contributed by atoms with E-state index in [9.17, 15) is 9.59 Å². The van der Waals surface area contributed by atoms with Crippen LogP contribution in [-0.4, -0.2) is 42.3 Å². The van der Waals surface area contributed by atoms with Gasteiger partial charge in [0, 0.05) is 36.0 Å². The van der Waals surface area contributed by atoms with Gasteiger partial charge < -0.3 is 25.1 Å². The molecule has 1 aromatic carbocycles. The first-order valence-electron chi connectivity index (χ1n) is 8.97. The third kappa shape index (κ3) is 5.22. The summed E-state index contributed by atoms with van der Waals surface area (Å²) in [5.41, 5.74) is 7.72. The molecular formula is C19H26ClN3O4. The van der Waals surface area contributed by atoms with Gasteiger partial charge in [-0.1, -0.05) is 0 Å². The molecule has 0 bridgehead atoms. The number of hydrogen-bond donors (Lipinski definition) is 2. The summed E-state index contributed by atoms with van der Waals surface area (Å²) >= 11 is 0. The Morgan fingerprint density at radius 2 is 2.07 bits per heavy atom. The SMILES string of the molecule is CCOC(=O)Cn1ccc2cc(NC(=O)C(N)C3CCOCC3)ccc21.Cl. The van der Waals surface area contributed by atoms with Crippen LogP contribution in [0.4, 0.5) is 5.69 Å². The van der Waals surface area contributed by atoms with Crippen LogP contribution in [0.5, 0.6) is 0 Å². The summed E-state index contributed by atoms with van der Waals surface area (Å²) < 4.78 is 12.1. The maximum Gasteiger partial charge on any atom is 0.325 e. The Labute approximate surface area is 164 Å². The first-order chi connectivity index (χ1) is 12.6. The van der Waals surface area contributed by atoms with E-state index in [-0.39, 0.29) is 36.7 Å². The molecule has 0 spiro atoms. The molecule has 1 aliphatic rings. The van der Waals surface area contributed by atoms with Crippen LogP contribution in [0.15, 0.2) is 30.5 Å². The lowest BCUT2D eigenvalue weighted by molar-refractivity contribution is -0.143. The molecule has 1 unspecified atom stereocenters. The van der Waals surface area contributed by atoms with Gasteiger partial charge in [0.15, 0.2) is 0 Å². The molecule has 3 N–H and O–H groups in total. The molecule has 27 heavy (non-hydrogen) atoms. The van der Waals surface area contributed by atoms with Crippen molar-refractivity contribution in [2.24, 2.45) is 11.7 Å². The minimum absolute atomic E-state index is 0. The predicted molar refractivity (Wildman–Crippen MR) is 106 cm³/mol. The van der Waals surface area contributed by atoms with Crippen LogP contribution in [0.25, 0.3) is 10.9 Å². The third-order valence-electron chi connectivity index (χ3n) is 4.72. The largest absolute Gasteiger partial charge is 0.465 e. The zero-order chi connectivity index (χ0) is 18.5. The maximum absolute atomic E-state index is 12.4. The predicted octanol–water partition coefficient (Wildman–Crippen LogP) is 2.32. The van der Waals surface area contributed by atoms with Crippen molar-refractivity contribution in [1.82, 2.24) is 4.57 Å². The first kappa shape index (κ1) is 21.2. The van der Waals surface area contributed by atoms with E-state index in [1.807, 2.05) is 35.0 Å². The minimum Gasteiger partial charge on any atom is -0.465 e. The van der Waals surface area contributed by atoms with Gasteiger partial charge in [-0.15, -0.1) is 12.4 Å². The van der Waals surface area contributed by atoms with Crippen molar-refractivity contribution >= 4 is 40.9 Å². The van der Waals surface area contributed by atoms with E-state index in [1.165, 1.54) is 0 Å². The summed E-state index contributed by atoms with van der Waals surface area (Å²) in [4.78, 5) is 24.1. The number of ether oxygens (including phenoxy) is 2. The molecule has 0 aliphatic carbocycles. The Bertz CT molecular complexity index is 786. The molecule has 1 aliphatic heterocycles. The number of carbonyl (C=O) groups is 2.